The average molecular weight is 335 g/mol. The van der Waals surface area contributed by atoms with Crippen molar-refractivity contribution in [3.63, 3.8) is 0 Å². The molecule has 130 valence electrons. The Kier molecular flexibility index (Phi) is 5.55. The van der Waals surface area contributed by atoms with Crippen LogP contribution in [0.1, 0.15) is 38.2 Å². The number of nitriles is 1. The quantitative estimate of drug-likeness (QED) is 0.768. The molecule has 1 saturated heterocycles. The molecule has 2 heterocycles. The van der Waals surface area contributed by atoms with Gasteiger partial charge in [0.1, 0.15) is 0 Å². The van der Waals surface area contributed by atoms with Crippen molar-refractivity contribution in [3.8, 4) is 6.07 Å². The molecular formula is C21H25N3O. The number of para-hydroxylation sites is 1. The smallest absolute Gasteiger partial charge is 0.246 e. The van der Waals surface area contributed by atoms with Crippen molar-refractivity contribution in [3.05, 3.63) is 42.1 Å². The standard InChI is InChI=1S/C21H25N3O/c1-2-17-7-5-13-24(15-17)21(25)11-10-18-16-23(14-6-12-22)20-9-4-3-8-19(18)20/h3-4,8-11,16-17H,2,5-7,13-15H2,1H3/b11-10+. The van der Waals surface area contributed by atoms with E-state index in [1.54, 1.807) is 6.08 Å². The molecule has 0 spiro atoms. The van der Waals surface area contributed by atoms with E-state index in [1.165, 1.54) is 6.42 Å². The minimum atomic E-state index is 0.104. The molecule has 1 fully saturated rings. The van der Waals surface area contributed by atoms with Crippen molar-refractivity contribution in [1.29, 1.82) is 5.26 Å². The first kappa shape index (κ1) is 17.3. The van der Waals surface area contributed by atoms with Gasteiger partial charge in [0, 0.05) is 48.4 Å². The van der Waals surface area contributed by atoms with Gasteiger partial charge in [-0.1, -0.05) is 31.5 Å². The Morgan fingerprint density at radius 1 is 1.40 bits per heavy atom. The van der Waals surface area contributed by atoms with Crippen LogP contribution in [0, 0.1) is 17.2 Å². The van der Waals surface area contributed by atoms with Crippen LogP contribution in [0.5, 0.6) is 0 Å². The van der Waals surface area contributed by atoms with Crippen LogP contribution < -0.4 is 0 Å². The summed E-state index contributed by atoms with van der Waals surface area (Å²) in [6, 6.07) is 10.3. The summed E-state index contributed by atoms with van der Waals surface area (Å²) in [7, 11) is 0. The number of hydrogen-bond donors (Lipinski definition) is 0. The molecule has 0 bridgehead atoms. The normalized spacial score (nSPS) is 17.9. The molecule has 0 N–H and O–H groups in total. The van der Waals surface area contributed by atoms with E-state index in [-0.39, 0.29) is 5.91 Å². The summed E-state index contributed by atoms with van der Waals surface area (Å²) in [5.74, 6) is 0.742. The van der Waals surface area contributed by atoms with Gasteiger partial charge in [0.15, 0.2) is 0 Å². The molecule has 3 rings (SSSR count). The number of aromatic nitrogens is 1. The molecule has 25 heavy (non-hydrogen) atoms. The van der Waals surface area contributed by atoms with Crippen LogP contribution in [0.4, 0.5) is 0 Å². The Bertz CT molecular complexity index is 812. The van der Waals surface area contributed by atoms with E-state index in [1.807, 2.05) is 29.3 Å². The van der Waals surface area contributed by atoms with Crippen molar-refractivity contribution in [1.82, 2.24) is 9.47 Å². The second-order valence-corrected chi connectivity index (χ2v) is 6.74. The number of carbonyl (C=O) groups is 1. The maximum Gasteiger partial charge on any atom is 0.246 e. The average Bonchev–Trinajstić information content (AvgIpc) is 3.02. The minimum absolute atomic E-state index is 0.104. The minimum Gasteiger partial charge on any atom is -0.346 e. The fraction of sp³-hybridized carbons (Fsp3) is 0.429. The highest BCUT2D eigenvalue weighted by Gasteiger charge is 2.21. The van der Waals surface area contributed by atoms with Crippen LogP contribution in [0.25, 0.3) is 17.0 Å². The molecule has 1 aliphatic rings. The second-order valence-electron chi connectivity index (χ2n) is 6.74. The molecule has 1 amide bonds. The van der Waals surface area contributed by atoms with E-state index in [0.717, 1.165) is 42.4 Å². The van der Waals surface area contributed by atoms with Crippen molar-refractivity contribution in [2.45, 2.75) is 39.2 Å². The van der Waals surface area contributed by atoms with Gasteiger partial charge in [-0.15, -0.1) is 0 Å². The lowest BCUT2D eigenvalue weighted by molar-refractivity contribution is -0.127. The van der Waals surface area contributed by atoms with Gasteiger partial charge in [0.25, 0.3) is 0 Å². The molecule has 0 saturated carbocycles. The Balaban J connectivity index is 1.79. The summed E-state index contributed by atoms with van der Waals surface area (Å²) < 4.78 is 2.09. The van der Waals surface area contributed by atoms with Gasteiger partial charge in [-0.2, -0.15) is 5.26 Å². The number of likely N-dealkylation sites (tertiary alicyclic amines) is 1. The third-order valence-electron chi connectivity index (χ3n) is 5.10. The third kappa shape index (κ3) is 3.93. The number of benzene rings is 1. The molecule has 0 radical (unpaired) electrons. The summed E-state index contributed by atoms with van der Waals surface area (Å²) >= 11 is 0. The van der Waals surface area contributed by atoms with Gasteiger partial charge in [-0.25, -0.2) is 0 Å². The predicted octanol–water partition coefficient (Wildman–Crippen LogP) is 4.22. The van der Waals surface area contributed by atoms with Gasteiger partial charge in [-0.3, -0.25) is 4.79 Å². The van der Waals surface area contributed by atoms with E-state index in [9.17, 15) is 4.79 Å². The molecular weight excluding hydrogens is 310 g/mol. The maximum absolute atomic E-state index is 12.5. The first-order valence-corrected chi connectivity index (χ1v) is 9.14. The lowest BCUT2D eigenvalue weighted by atomic mass is 9.95. The van der Waals surface area contributed by atoms with Gasteiger partial charge in [0.05, 0.1) is 12.5 Å². The van der Waals surface area contributed by atoms with Crippen LogP contribution in [0.2, 0.25) is 0 Å². The highest BCUT2D eigenvalue weighted by molar-refractivity contribution is 5.96. The number of nitrogens with zero attached hydrogens (tertiary/aromatic N) is 3. The van der Waals surface area contributed by atoms with Crippen LogP contribution in [0.15, 0.2) is 36.5 Å². The van der Waals surface area contributed by atoms with Crippen molar-refractivity contribution in [2.24, 2.45) is 5.92 Å². The summed E-state index contributed by atoms with van der Waals surface area (Å²) in [6.07, 6.45) is 9.61. The van der Waals surface area contributed by atoms with E-state index in [4.69, 9.17) is 5.26 Å². The number of aryl methyl sites for hydroxylation is 1. The largest absolute Gasteiger partial charge is 0.346 e. The Morgan fingerprint density at radius 2 is 2.24 bits per heavy atom. The Morgan fingerprint density at radius 3 is 3.04 bits per heavy atom. The maximum atomic E-state index is 12.5. The number of fused-ring (bicyclic) bond motifs is 1. The zero-order chi connectivity index (χ0) is 17.6. The van der Waals surface area contributed by atoms with Gasteiger partial charge < -0.3 is 9.47 Å². The van der Waals surface area contributed by atoms with Crippen molar-refractivity contribution < 1.29 is 4.79 Å². The molecule has 1 aromatic carbocycles. The zero-order valence-corrected chi connectivity index (χ0v) is 14.8. The van der Waals surface area contributed by atoms with Crippen molar-refractivity contribution >= 4 is 22.9 Å². The fourth-order valence-electron chi connectivity index (χ4n) is 3.63. The first-order chi connectivity index (χ1) is 12.2. The summed E-state index contributed by atoms with van der Waals surface area (Å²) in [4.78, 5) is 14.5. The van der Waals surface area contributed by atoms with Gasteiger partial charge >= 0.3 is 0 Å². The molecule has 0 aliphatic carbocycles. The highest BCUT2D eigenvalue weighted by atomic mass is 16.2. The molecule has 4 heteroatoms. The first-order valence-electron chi connectivity index (χ1n) is 9.14. The van der Waals surface area contributed by atoms with E-state index < -0.39 is 0 Å². The van der Waals surface area contributed by atoms with E-state index >= 15 is 0 Å². The summed E-state index contributed by atoms with van der Waals surface area (Å²) in [5.41, 5.74) is 2.14. The second kappa shape index (κ2) is 8.02. The van der Waals surface area contributed by atoms with Gasteiger partial charge in [0.2, 0.25) is 5.91 Å². The third-order valence-corrected chi connectivity index (χ3v) is 5.10. The molecule has 1 aromatic heterocycles. The molecule has 1 atom stereocenters. The number of piperidine rings is 1. The lowest BCUT2D eigenvalue weighted by Gasteiger charge is -2.31. The fourth-order valence-corrected chi connectivity index (χ4v) is 3.63. The highest BCUT2D eigenvalue weighted by Crippen LogP contribution is 2.24. The summed E-state index contributed by atoms with van der Waals surface area (Å²) in [6.45, 7) is 4.61. The summed E-state index contributed by atoms with van der Waals surface area (Å²) in [5, 5.41) is 9.96. The van der Waals surface area contributed by atoms with Crippen LogP contribution in [-0.2, 0) is 11.3 Å². The van der Waals surface area contributed by atoms with Crippen molar-refractivity contribution in [2.75, 3.05) is 13.1 Å². The van der Waals surface area contributed by atoms with Crippen LogP contribution in [0.3, 0.4) is 0 Å². The zero-order valence-electron chi connectivity index (χ0n) is 14.8. The van der Waals surface area contributed by atoms with Crippen LogP contribution in [-0.4, -0.2) is 28.5 Å². The van der Waals surface area contributed by atoms with Crippen LogP contribution >= 0.6 is 0 Å². The van der Waals surface area contributed by atoms with Gasteiger partial charge in [-0.05, 0) is 30.9 Å². The molecule has 1 unspecified atom stereocenters. The lowest BCUT2D eigenvalue weighted by Crippen LogP contribution is -2.38. The Labute approximate surface area is 149 Å². The number of amides is 1. The molecule has 4 nitrogen and oxygen atoms in total. The number of hydrogen-bond acceptors (Lipinski definition) is 2. The predicted molar refractivity (Wildman–Crippen MR) is 101 cm³/mol. The number of carbonyl (C=O) groups excluding carboxylic acids is 1. The monoisotopic (exact) mass is 335 g/mol. The molecule has 1 aliphatic heterocycles. The Hall–Kier alpha value is -2.54. The number of rotatable bonds is 5. The SMILES string of the molecule is CCC1CCCN(C(=O)/C=C/c2cn(CCC#N)c3ccccc23)C1. The topological polar surface area (TPSA) is 49.0 Å². The van der Waals surface area contributed by atoms with E-state index in [2.05, 4.69) is 29.7 Å². The molecule has 2 aromatic rings. The van der Waals surface area contributed by atoms with E-state index in [0.29, 0.717) is 18.9 Å².